The smallest absolute Gasteiger partial charge is 0.0989 e. The first-order valence-electron chi connectivity index (χ1n) is 2.45. The number of imidazole rings is 1. The van der Waals surface area contributed by atoms with E-state index in [9.17, 15) is 0 Å². The number of aromatic nitrogens is 2. The Morgan fingerprint density at radius 2 is 2.44 bits per heavy atom. The summed E-state index contributed by atoms with van der Waals surface area (Å²) in [5.41, 5.74) is 1.02. The van der Waals surface area contributed by atoms with Crippen molar-refractivity contribution < 1.29 is 0 Å². The molecule has 50 valence electrons. The maximum Gasteiger partial charge on any atom is 0.0989 e. The molecule has 2 nitrogen and oxygen atoms in total. The van der Waals surface area contributed by atoms with Gasteiger partial charge in [0.25, 0.3) is 0 Å². The molecule has 0 aliphatic rings. The van der Waals surface area contributed by atoms with Crippen LogP contribution in [0.4, 0.5) is 0 Å². The van der Waals surface area contributed by atoms with Crippen LogP contribution in [0.2, 0.25) is 0 Å². The lowest BCUT2D eigenvalue weighted by atomic mass is 10.6. The van der Waals surface area contributed by atoms with Gasteiger partial charge in [-0.3, -0.25) is 0 Å². The zero-order valence-electron chi connectivity index (χ0n) is 5.24. The molecule has 0 fully saturated rings. The van der Waals surface area contributed by atoms with Gasteiger partial charge in [0.05, 0.1) is 12.0 Å². The summed E-state index contributed by atoms with van der Waals surface area (Å²) in [6.45, 7) is 5.51. The second-order valence-electron chi connectivity index (χ2n) is 1.64. The third-order valence-electron chi connectivity index (χ3n) is 0.941. The van der Waals surface area contributed by atoms with Gasteiger partial charge in [-0.2, -0.15) is 0 Å². The summed E-state index contributed by atoms with van der Waals surface area (Å²) in [4.78, 5) is 3.98. The summed E-state index contributed by atoms with van der Waals surface area (Å²) >= 11 is 0. The van der Waals surface area contributed by atoms with E-state index in [1.54, 1.807) is 12.5 Å². The molecule has 0 amide bonds. The molecule has 0 saturated carbocycles. The fourth-order valence-electron chi connectivity index (χ4n) is 0.540. The molecular weight excluding hydrogens is 136 g/mol. The highest BCUT2D eigenvalue weighted by Gasteiger charge is 1.83. The normalized spacial score (nSPS) is 8.11. The van der Waals surface area contributed by atoms with Crippen LogP contribution in [0.3, 0.4) is 0 Å². The van der Waals surface area contributed by atoms with Crippen LogP contribution >= 0.6 is 12.4 Å². The minimum atomic E-state index is 0. The van der Waals surface area contributed by atoms with Crippen LogP contribution in [0.1, 0.15) is 5.69 Å². The summed E-state index contributed by atoms with van der Waals surface area (Å²) in [5, 5.41) is 0. The molecule has 0 N–H and O–H groups in total. The molecular formula is C6H9ClN2. The molecule has 0 bridgehead atoms. The van der Waals surface area contributed by atoms with Crippen LogP contribution in [-0.2, 0) is 0 Å². The predicted octanol–water partition coefficient (Wildman–Crippen LogP) is 1.71. The number of aryl methyl sites for hydroxylation is 1. The van der Waals surface area contributed by atoms with E-state index in [0.717, 1.165) is 5.69 Å². The van der Waals surface area contributed by atoms with Gasteiger partial charge in [-0.25, -0.2) is 4.98 Å². The topological polar surface area (TPSA) is 17.8 Å². The van der Waals surface area contributed by atoms with Gasteiger partial charge in [0.2, 0.25) is 0 Å². The largest absolute Gasteiger partial charge is 0.313 e. The van der Waals surface area contributed by atoms with Crippen molar-refractivity contribution in [1.82, 2.24) is 9.55 Å². The van der Waals surface area contributed by atoms with Crippen molar-refractivity contribution in [3.8, 4) is 0 Å². The molecule has 0 aliphatic carbocycles. The molecule has 0 unspecified atom stereocenters. The number of hydrogen-bond donors (Lipinski definition) is 0. The Hall–Kier alpha value is -0.760. The van der Waals surface area contributed by atoms with E-state index < -0.39 is 0 Å². The van der Waals surface area contributed by atoms with Crippen LogP contribution in [0.5, 0.6) is 0 Å². The van der Waals surface area contributed by atoms with Crippen LogP contribution in [0, 0.1) is 6.92 Å². The fraction of sp³-hybridized carbons (Fsp3) is 0.167. The van der Waals surface area contributed by atoms with Crippen LogP contribution in [-0.4, -0.2) is 9.55 Å². The van der Waals surface area contributed by atoms with Gasteiger partial charge in [-0.15, -0.1) is 12.4 Å². The van der Waals surface area contributed by atoms with Crippen LogP contribution < -0.4 is 0 Å². The van der Waals surface area contributed by atoms with Gasteiger partial charge in [0, 0.05) is 12.4 Å². The van der Waals surface area contributed by atoms with Crippen LogP contribution in [0.25, 0.3) is 6.20 Å². The number of halogens is 1. The minimum Gasteiger partial charge on any atom is -0.313 e. The van der Waals surface area contributed by atoms with E-state index in [2.05, 4.69) is 11.6 Å². The molecule has 0 radical (unpaired) electrons. The summed E-state index contributed by atoms with van der Waals surface area (Å²) < 4.78 is 1.81. The Bertz CT molecular complexity index is 193. The van der Waals surface area contributed by atoms with E-state index >= 15 is 0 Å². The molecule has 1 rings (SSSR count). The zero-order chi connectivity index (χ0) is 5.98. The van der Waals surface area contributed by atoms with E-state index in [4.69, 9.17) is 0 Å². The van der Waals surface area contributed by atoms with Crippen molar-refractivity contribution in [3.63, 3.8) is 0 Å². The first-order chi connectivity index (χ1) is 3.83. The second kappa shape index (κ2) is 3.30. The molecule has 1 aromatic rings. The van der Waals surface area contributed by atoms with Gasteiger partial charge < -0.3 is 4.57 Å². The predicted molar refractivity (Wildman–Crippen MR) is 40.6 cm³/mol. The number of rotatable bonds is 1. The third-order valence-corrected chi connectivity index (χ3v) is 0.941. The highest BCUT2D eigenvalue weighted by molar-refractivity contribution is 5.85. The zero-order valence-corrected chi connectivity index (χ0v) is 6.06. The van der Waals surface area contributed by atoms with Gasteiger partial charge in [0.1, 0.15) is 0 Å². The number of hydrogen-bond acceptors (Lipinski definition) is 1. The summed E-state index contributed by atoms with van der Waals surface area (Å²) in [6.07, 6.45) is 5.34. The quantitative estimate of drug-likeness (QED) is 0.587. The first kappa shape index (κ1) is 8.24. The van der Waals surface area contributed by atoms with Gasteiger partial charge >= 0.3 is 0 Å². The molecule has 0 spiro atoms. The van der Waals surface area contributed by atoms with Gasteiger partial charge in [0.15, 0.2) is 0 Å². The van der Waals surface area contributed by atoms with Gasteiger partial charge in [-0.05, 0) is 6.92 Å². The van der Waals surface area contributed by atoms with E-state index in [1.807, 2.05) is 17.7 Å². The minimum absolute atomic E-state index is 0. The third kappa shape index (κ3) is 1.90. The first-order valence-corrected chi connectivity index (χ1v) is 2.45. The lowest BCUT2D eigenvalue weighted by molar-refractivity contribution is 1.14. The van der Waals surface area contributed by atoms with Crippen molar-refractivity contribution in [2.75, 3.05) is 0 Å². The van der Waals surface area contributed by atoms with E-state index in [0.29, 0.717) is 0 Å². The van der Waals surface area contributed by atoms with Crippen molar-refractivity contribution >= 4 is 18.6 Å². The maximum atomic E-state index is 3.98. The monoisotopic (exact) mass is 144 g/mol. The maximum absolute atomic E-state index is 3.98. The molecule has 1 heterocycles. The highest BCUT2D eigenvalue weighted by Crippen LogP contribution is 1.91. The van der Waals surface area contributed by atoms with E-state index in [-0.39, 0.29) is 12.4 Å². The molecule has 0 aliphatic heterocycles. The van der Waals surface area contributed by atoms with Crippen molar-refractivity contribution in [1.29, 1.82) is 0 Å². The van der Waals surface area contributed by atoms with E-state index in [1.165, 1.54) is 0 Å². The van der Waals surface area contributed by atoms with Crippen molar-refractivity contribution in [2.45, 2.75) is 6.92 Å². The lowest BCUT2D eigenvalue weighted by Crippen LogP contribution is -1.74. The van der Waals surface area contributed by atoms with Gasteiger partial charge in [-0.1, -0.05) is 6.58 Å². The average Bonchev–Trinajstić information content (AvgIpc) is 2.14. The Kier molecular flexibility index (Phi) is 3.02. The summed E-state index contributed by atoms with van der Waals surface area (Å²) in [5.74, 6) is 0. The van der Waals surface area contributed by atoms with Crippen LogP contribution in [0.15, 0.2) is 19.1 Å². The molecule has 1 aromatic heterocycles. The summed E-state index contributed by atoms with van der Waals surface area (Å²) in [6, 6.07) is 0. The molecule has 9 heavy (non-hydrogen) atoms. The van der Waals surface area contributed by atoms with Crippen molar-refractivity contribution in [3.05, 3.63) is 24.8 Å². The fourth-order valence-corrected chi connectivity index (χ4v) is 0.540. The Morgan fingerprint density at radius 3 is 2.67 bits per heavy atom. The Balaban J connectivity index is 0.000000640. The molecule has 0 aromatic carbocycles. The molecule has 3 heteroatoms. The van der Waals surface area contributed by atoms with Crippen molar-refractivity contribution in [2.24, 2.45) is 0 Å². The standard InChI is InChI=1S/C6H8N2.ClH/c1-3-8-4-6(2)7-5-8;/h3-5H,1H2,2H3;1H. The average molecular weight is 145 g/mol. The number of nitrogens with zero attached hydrogens (tertiary/aromatic N) is 2. The Morgan fingerprint density at radius 1 is 1.78 bits per heavy atom. The molecule has 0 saturated heterocycles. The SMILES string of the molecule is C=Cn1cnc(C)c1.Cl. The lowest BCUT2D eigenvalue weighted by Gasteiger charge is -1.81. The summed E-state index contributed by atoms with van der Waals surface area (Å²) in [7, 11) is 0. The highest BCUT2D eigenvalue weighted by atomic mass is 35.5. The second-order valence-corrected chi connectivity index (χ2v) is 1.64. The Labute approximate surface area is 60.6 Å². The molecule has 0 atom stereocenters.